The monoisotopic (exact) mass is 276 g/mol. The molecule has 2 aliphatic heterocycles. The summed E-state index contributed by atoms with van der Waals surface area (Å²) in [5.41, 5.74) is 2.13. The summed E-state index contributed by atoms with van der Waals surface area (Å²) in [5.74, 6) is -0.200. The third-order valence-corrected chi connectivity index (χ3v) is 4.03. The zero-order chi connectivity index (χ0) is 14.2. The minimum atomic E-state index is -0.366. The van der Waals surface area contributed by atoms with Crippen molar-refractivity contribution in [2.24, 2.45) is 0 Å². The Balaban J connectivity index is 1.79. The van der Waals surface area contributed by atoms with Crippen LogP contribution in [0.3, 0.4) is 0 Å². The van der Waals surface area contributed by atoms with E-state index in [1.54, 1.807) is 0 Å². The molecule has 2 bridgehead atoms. The van der Waals surface area contributed by atoms with Crippen LogP contribution in [0.1, 0.15) is 37.8 Å². The molecule has 1 fully saturated rings. The first kappa shape index (κ1) is 13.6. The maximum Gasteiger partial charge on any atom is 0.308 e. The van der Waals surface area contributed by atoms with Crippen LogP contribution in [-0.2, 0) is 31.0 Å². The molecule has 4 heteroatoms. The minimum absolute atomic E-state index is 0.133. The van der Waals surface area contributed by atoms with E-state index in [0.29, 0.717) is 19.4 Å². The maximum absolute atomic E-state index is 11.6. The number of ether oxygens (including phenoxy) is 3. The summed E-state index contributed by atoms with van der Waals surface area (Å²) in [6.07, 6.45) is 1.32. The van der Waals surface area contributed by atoms with Gasteiger partial charge >= 0.3 is 5.97 Å². The van der Waals surface area contributed by atoms with E-state index in [1.807, 2.05) is 19.1 Å². The molecule has 0 radical (unpaired) electrons. The SMILES string of the molecule is CCOC(=O)C[C@H]1C[C@]2(C)O[C@@H](Cc3ccccc32)O1. The Morgan fingerprint density at radius 2 is 2.25 bits per heavy atom. The number of benzene rings is 1. The van der Waals surface area contributed by atoms with E-state index in [1.165, 1.54) is 11.1 Å². The Morgan fingerprint density at radius 1 is 1.45 bits per heavy atom. The number of rotatable bonds is 3. The number of carbonyl (C=O) groups excluding carboxylic acids is 1. The second kappa shape index (κ2) is 5.19. The van der Waals surface area contributed by atoms with Crippen molar-refractivity contribution in [3.05, 3.63) is 35.4 Å². The quantitative estimate of drug-likeness (QED) is 0.796. The van der Waals surface area contributed by atoms with E-state index < -0.39 is 0 Å². The molecule has 0 aliphatic carbocycles. The fraction of sp³-hybridized carbons (Fsp3) is 0.562. The predicted molar refractivity (Wildman–Crippen MR) is 73.1 cm³/mol. The standard InChI is InChI=1S/C16H20O4/c1-3-18-14(17)9-12-10-16(2)13-7-5-4-6-11(13)8-15(19-12)20-16/h4-7,12,15H,3,8-10H2,1-2H3/t12-,15-,16-/m0/s1. The topological polar surface area (TPSA) is 44.8 Å². The Kier molecular flexibility index (Phi) is 3.52. The molecule has 0 unspecified atom stereocenters. The molecule has 0 amide bonds. The fourth-order valence-electron chi connectivity index (χ4n) is 3.25. The zero-order valence-corrected chi connectivity index (χ0v) is 11.9. The lowest BCUT2D eigenvalue weighted by Crippen LogP contribution is -2.49. The molecular formula is C16H20O4. The molecule has 1 aromatic carbocycles. The van der Waals surface area contributed by atoms with E-state index in [-0.39, 0.29) is 24.0 Å². The highest BCUT2D eigenvalue weighted by molar-refractivity contribution is 5.70. The van der Waals surface area contributed by atoms with Crippen molar-refractivity contribution in [3.63, 3.8) is 0 Å². The molecule has 20 heavy (non-hydrogen) atoms. The average molecular weight is 276 g/mol. The van der Waals surface area contributed by atoms with Crippen molar-refractivity contribution in [2.75, 3.05) is 6.61 Å². The summed E-state index contributed by atoms with van der Waals surface area (Å²) < 4.78 is 16.9. The van der Waals surface area contributed by atoms with Gasteiger partial charge in [0.05, 0.1) is 24.7 Å². The van der Waals surface area contributed by atoms with Crippen molar-refractivity contribution in [2.45, 2.75) is 51.1 Å². The number of hydrogen-bond acceptors (Lipinski definition) is 4. The summed E-state index contributed by atoms with van der Waals surface area (Å²) in [6, 6.07) is 8.30. The summed E-state index contributed by atoms with van der Waals surface area (Å²) in [6.45, 7) is 4.30. The fourth-order valence-corrected chi connectivity index (χ4v) is 3.25. The van der Waals surface area contributed by atoms with Gasteiger partial charge in [-0.25, -0.2) is 0 Å². The molecule has 1 saturated heterocycles. The summed E-state index contributed by atoms with van der Waals surface area (Å²) >= 11 is 0. The molecule has 0 aromatic heterocycles. The first-order valence-electron chi connectivity index (χ1n) is 7.18. The van der Waals surface area contributed by atoms with E-state index in [4.69, 9.17) is 14.2 Å². The van der Waals surface area contributed by atoms with Gasteiger partial charge in [-0.3, -0.25) is 4.79 Å². The van der Waals surface area contributed by atoms with Crippen LogP contribution in [0.5, 0.6) is 0 Å². The van der Waals surface area contributed by atoms with E-state index in [2.05, 4.69) is 19.1 Å². The van der Waals surface area contributed by atoms with Crippen LogP contribution in [0.4, 0.5) is 0 Å². The van der Waals surface area contributed by atoms with Gasteiger partial charge in [-0.2, -0.15) is 0 Å². The van der Waals surface area contributed by atoms with E-state index in [0.717, 1.165) is 6.42 Å². The Labute approximate surface area is 119 Å². The minimum Gasteiger partial charge on any atom is -0.466 e. The predicted octanol–water partition coefficient (Wildman–Crippen LogP) is 2.54. The largest absolute Gasteiger partial charge is 0.466 e. The van der Waals surface area contributed by atoms with E-state index >= 15 is 0 Å². The third kappa shape index (κ3) is 2.45. The van der Waals surface area contributed by atoms with Gasteiger partial charge in [-0.15, -0.1) is 0 Å². The summed E-state index contributed by atoms with van der Waals surface area (Å²) in [5, 5.41) is 0. The highest BCUT2D eigenvalue weighted by Gasteiger charge is 2.45. The molecule has 4 nitrogen and oxygen atoms in total. The van der Waals surface area contributed by atoms with Crippen LogP contribution in [0.25, 0.3) is 0 Å². The molecule has 0 saturated carbocycles. The van der Waals surface area contributed by atoms with Crippen molar-refractivity contribution >= 4 is 5.97 Å². The Bertz CT molecular complexity index is 513. The van der Waals surface area contributed by atoms with Gasteiger partial charge < -0.3 is 14.2 Å². The molecule has 0 spiro atoms. The van der Waals surface area contributed by atoms with Crippen molar-refractivity contribution in [1.29, 1.82) is 0 Å². The van der Waals surface area contributed by atoms with E-state index in [9.17, 15) is 4.79 Å². The number of carbonyl (C=O) groups is 1. The van der Waals surface area contributed by atoms with Crippen LogP contribution in [-0.4, -0.2) is 25.0 Å². The molecule has 0 N–H and O–H groups in total. The summed E-state index contributed by atoms with van der Waals surface area (Å²) in [4.78, 5) is 11.6. The normalized spacial score (nSPS) is 31.5. The second-order valence-electron chi connectivity index (χ2n) is 5.61. The molecule has 1 aromatic rings. The number of esters is 1. The van der Waals surface area contributed by atoms with Crippen LogP contribution in [0, 0.1) is 0 Å². The van der Waals surface area contributed by atoms with Crippen LogP contribution in [0.2, 0.25) is 0 Å². The second-order valence-corrected chi connectivity index (χ2v) is 5.61. The van der Waals surface area contributed by atoms with Gasteiger partial charge in [0.1, 0.15) is 0 Å². The lowest BCUT2D eigenvalue weighted by Gasteiger charge is -2.47. The smallest absolute Gasteiger partial charge is 0.308 e. The van der Waals surface area contributed by atoms with Gasteiger partial charge in [-0.05, 0) is 25.0 Å². The van der Waals surface area contributed by atoms with Gasteiger partial charge in [-0.1, -0.05) is 24.3 Å². The molecule has 3 atom stereocenters. The van der Waals surface area contributed by atoms with Crippen molar-refractivity contribution in [3.8, 4) is 0 Å². The molecular weight excluding hydrogens is 256 g/mol. The highest BCUT2D eigenvalue weighted by atomic mass is 16.7. The third-order valence-electron chi connectivity index (χ3n) is 4.03. The van der Waals surface area contributed by atoms with Gasteiger partial charge in [0.15, 0.2) is 6.29 Å². The van der Waals surface area contributed by atoms with Gasteiger partial charge in [0, 0.05) is 12.8 Å². The first-order valence-corrected chi connectivity index (χ1v) is 7.18. The number of hydrogen-bond donors (Lipinski definition) is 0. The van der Waals surface area contributed by atoms with Crippen LogP contribution >= 0.6 is 0 Å². The zero-order valence-electron chi connectivity index (χ0n) is 11.9. The van der Waals surface area contributed by atoms with Crippen LogP contribution < -0.4 is 0 Å². The summed E-state index contributed by atoms with van der Waals surface area (Å²) in [7, 11) is 0. The lowest BCUT2D eigenvalue weighted by molar-refractivity contribution is -0.289. The molecule has 3 rings (SSSR count). The maximum atomic E-state index is 11.6. The number of fused-ring (bicyclic) bond motifs is 4. The molecule has 108 valence electrons. The molecule has 2 heterocycles. The Morgan fingerprint density at radius 3 is 3.05 bits per heavy atom. The average Bonchev–Trinajstić information content (AvgIpc) is 2.38. The van der Waals surface area contributed by atoms with Crippen molar-refractivity contribution < 1.29 is 19.0 Å². The lowest BCUT2D eigenvalue weighted by atomic mass is 9.81. The Hall–Kier alpha value is -1.39. The van der Waals surface area contributed by atoms with Crippen LogP contribution in [0.15, 0.2) is 24.3 Å². The van der Waals surface area contributed by atoms with Crippen molar-refractivity contribution in [1.82, 2.24) is 0 Å². The van der Waals surface area contributed by atoms with Gasteiger partial charge in [0.2, 0.25) is 0 Å². The first-order chi connectivity index (χ1) is 9.60. The molecule has 2 aliphatic rings. The van der Waals surface area contributed by atoms with Gasteiger partial charge in [0.25, 0.3) is 0 Å². The highest BCUT2D eigenvalue weighted by Crippen LogP contribution is 2.44.